The quantitative estimate of drug-likeness (QED) is 0.0540. The van der Waals surface area contributed by atoms with Crippen molar-refractivity contribution in [2.75, 3.05) is 7.11 Å². The number of hydrogen-bond acceptors (Lipinski definition) is 7. The van der Waals surface area contributed by atoms with E-state index >= 15 is 0 Å². The molecule has 0 amide bonds. The van der Waals surface area contributed by atoms with Crippen LogP contribution in [0, 0.1) is 10.1 Å². The first-order valence-electron chi connectivity index (χ1n) is 13.9. The standard InChI is InChI=1S/C33H35N2O8P/c1-23(36)32(31(44(39,40)41)22-25-14-18-29(19-15-25)35(37)38)34-24(2)43-33(26-10-6-4-7-11-26,27-12-8-5-9-13-27)28-16-20-30(42-3)21-17-28/h4-21,24,31-32,34H,22H2,1-3H3,(H2,39,40,41). The van der Waals surface area contributed by atoms with Gasteiger partial charge in [0, 0.05) is 12.1 Å². The summed E-state index contributed by atoms with van der Waals surface area (Å²) in [5.74, 6) is 0.160. The van der Waals surface area contributed by atoms with Crippen LogP contribution in [-0.4, -0.2) is 45.5 Å². The molecule has 0 radical (unpaired) electrons. The molecule has 3 N–H and O–H groups in total. The van der Waals surface area contributed by atoms with E-state index in [0.717, 1.165) is 16.7 Å². The minimum absolute atomic E-state index is 0.151. The minimum atomic E-state index is -4.86. The highest BCUT2D eigenvalue weighted by atomic mass is 31.2. The average Bonchev–Trinajstić information content (AvgIpc) is 3.02. The van der Waals surface area contributed by atoms with Gasteiger partial charge in [0.2, 0.25) is 0 Å². The zero-order chi connectivity index (χ0) is 31.9. The molecule has 0 aliphatic heterocycles. The summed E-state index contributed by atoms with van der Waals surface area (Å²) in [7, 11) is -3.28. The highest BCUT2D eigenvalue weighted by Gasteiger charge is 2.43. The van der Waals surface area contributed by atoms with Crippen molar-refractivity contribution in [2.45, 2.75) is 43.8 Å². The Kier molecular flexibility index (Phi) is 10.5. The number of benzene rings is 4. The molecule has 4 rings (SSSR count). The van der Waals surface area contributed by atoms with Crippen molar-refractivity contribution in [3.8, 4) is 5.75 Å². The van der Waals surface area contributed by atoms with E-state index in [2.05, 4.69) is 5.32 Å². The van der Waals surface area contributed by atoms with Crippen LogP contribution in [0.25, 0.3) is 0 Å². The molecule has 4 aromatic rings. The third kappa shape index (κ3) is 7.48. The zero-order valence-electron chi connectivity index (χ0n) is 24.6. The zero-order valence-corrected chi connectivity index (χ0v) is 25.5. The summed E-state index contributed by atoms with van der Waals surface area (Å²) in [4.78, 5) is 44.3. The highest BCUT2D eigenvalue weighted by molar-refractivity contribution is 7.52. The van der Waals surface area contributed by atoms with Crippen LogP contribution in [0.5, 0.6) is 5.75 Å². The third-order valence-electron chi connectivity index (χ3n) is 7.47. The number of nitro groups is 1. The van der Waals surface area contributed by atoms with Gasteiger partial charge in [0.25, 0.3) is 5.69 Å². The number of ether oxygens (including phenoxy) is 2. The molecule has 230 valence electrons. The van der Waals surface area contributed by atoms with Crippen LogP contribution < -0.4 is 10.1 Å². The van der Waals surface area contributed by atoms with Crippen LogP contribution in [0.3, 0.4) is 0 Å². The Balaban J connectivity index is 1.75. The molecule has 0 spiro atoms. The SMILES string of the molecule is COc1ccc(C(OC(C)NC(C(C)=O)C(Cc2ccc([N+](=O)[O-])cc2)P(=O)(O)O)(c2ccccc2)c2ccccc2)cc1. The first-order chi connectivity index (χ1) is 21.0. The Morgan fingerprint density at radius 2 is 1.39 bits per heavy atom. The number of nitrogens with zero attached hydrogens (tertiary/aromatic N) is 1. The maximum Gasteiger partial charge on any atom is 0.330 e. The molecule has 0 aliphatic carbocycles. The lowest BCUT2D eigenvalue weighted by Crippen LogP contribution is -2.52. The lowest BCUT2D eigenvalue weighted by molar-refractivity contribution is -0.384. The first-order valence-corrected chi connectivity index (χ1v) is 15.6. The van der Waals surface area contributed by atoms with Crippen LogP contribution in [0.1, 0.15) is 36.1 Å². The molecule has 0 aliphatic rings. The van der Waals surface area contributed by atoms with Gasteiger partial charge in [-0.05, 0) is 54.7 Å². The van der Waals surface area contributed by atoms with E-state index in [1.165, 1.54) is 31.2 Å². The third-order valence-corrected chi connectivity index (χ3v) is 8.82. The fourth-order valence-corrected chi connectivity index (χ4v) is 6.49. The molecule has 11 heteroatoms. The fourth-order valence-electron chi connectivity index (χ4n) is 5.35. The fraction of sp³-hybridized carbons (Fsp3) is 0.242. The molecule has 0 aromatic heterocycles. The molecular formula is C33H35N2O8P. The maximum atomic E-state index is 13.0. The number of hydrogen-bond donors (Lipinski definition) is 3. The second kappa shape index (κ2) is 14.1. The first kappa shape index (κ1) is 32.7. The van der Waals surface area contributed by atoms with E-state index in [4.69, 9.17) is 9.47 Å². The summed E-state index contributed by atoms with van der Waals surface area (Å²) in [6.45, 7) is 2.94. The van der Waals surface area contributed by atoms with Crippen LogP contribution in [0.4, 0.5) is 5.69 Å². The number of ketones is 1. The monoisotopic (exact) mass is 618 g/mol. The second-order valence-corrected chi connectivity index (χ2v) is 12.3. The van der Waals surface area contributed by atoms with Gasteiger partial charge in [0.15, 0.2) is 0 Å². The molecule has 44 heavy (non-hydrogen) atoms. The van der Waals surface area contributed by atoms with Gasteiger partial charge >= 0.3 is 7.60 Å². The number of nitrogens with one attached hydrogen (secondary N) is 1. The molecule has 0 saturated heterocycles. The average molecular weight is 619 g/mol. The molecular weight excluding hydrogens is 583 g/mol. The largest absolute Gasteiger partial charge is 0.497 e. The van der Waals surface area contributed by atoms with Gasteiger partial charge in [-0.25, -0.2) is 0 Å². The van der Waals surface area contributed by atoms with E-state index in [9.17, 15) is 29.3 Å². The van der Waals surface area contributed by atoms with E-state index in [1.807, 2.05) is 84.9 Å². The number of non-ortho nitro benzene ring substituents is 1. The topological polar surface area (TPSA) is 148 Å². The van der Waals surface area contributed by atoms with E-state index in [1.54, 1.807) is 14.0 Å². The molecule has 3 atom stereocenters. The Hall–Kier alpha value is -4.18. The number of methoxy groups -OCH3 is 1. The molecule has 4 aromatic carbocycles. The van der Waals surface area contributed by atoms with E-state index in [-0.39, 0.29) is 12.1 Å². The summed E-state index contributed by atoms with van der Waals surface area (Å²) >= 11 is 0. The number of Topliss-reactive ketones (excluding diaryl/α,β-unsaturated/α-hetero) is 1. The van der Waals surface area contributed by atoms with Crippen LogP contribution in [0.15, 0.2) is 109 Å². The lowest BCUT2D eigenvalue weighted by atomic mass is 9.80. The van der Waals surface area contributed by atoms with Crippen molar-refractivity contribution >= 4 is 19.1 Å². The predicted octanol–water partition coefficient (Wildman–Crippen LogP) is 5.59. The molecule has 0 bridgehead atoms. The van der Waals surface area contributed by atoms with Crippen molar-refractivity contribution in [3.05, 3.63) is 142 Å². The number of carbonyl (C=O) groups is 1. The van der Waals surface area contributed by atoms with Crippen molar-refractivity contribution in [1.29, 1.82) is 0 Å². The normalized spacial score (nSPS) is 13.9. The summed E-state index contributed by atoms with van der Waals surface area (Å²) in [6, 6.07) is 30.6. The molecule has 0 heterocycles. The maximum absolute atomic E-state index is 13.0. The predicted molar refractivity (Wildman–Crippen MR) is 167 cm³/mol. The van der Waals surface area contributed by atoms with Crippen molar-refractivity contribution < 1.29 is 33.5 Å². The van der Waals surface area contributed by atoms with Crippen molar-refractivity contribution in [3.63, 3.8) is 0 Å². The van der Waals surface area contributed by atoms with Gasteiger partial charge in [0.1, 0.15) is 23.4 Å². The summed E-state index contributed by atoms with van der Waals surface area (Å²) in [5, 5.41) is 14.1. The molecule has 0 saturated carbocycles. The van der Waals surface area contributed by atoms with Crippen LogP contribution in [-0.2, 0) is 26.1 Å². The van der Waals surface area contributed by atoms with Gasteiger partial charge in [0.05, 0.1) is 23.7 Å². The molecule has 10 nitrogen and oxygen atoms in total. The van der Waals surface area contributed by atoms with Gasteiger partial charge in [-0.2, -0.15) is 0 Å². The molecule has 3 unspecified atom stereocenters. The number of nitro benzene ring substituents is 1. The van der Waals surface area contributed by atoms with Crippen LogP contribution >= 0.6 is 7.60 Å². The van der Waals surface area contributed by atoms with Crippen LogP contribution in [0.2, 0.25) is 0 Å². The minimum Gasteiger partial charge on any atom is -0.497 e. The van der Waals surface area contributed by atoms with Gasteiger partial charge in [-0.1, -0.05) is 84.9 Å². The lowest BCUT2D eigenvalue weighted by Gasteiger charge is -2.39. The van der Waals surface area contributed by atoms with Crippen molar-refractivity contribution in [1.82, 2.24) is 5.32 Å². The summed E-state index contributed by atoms with van der Waals surface area (Å²) in [6.07, 6.45) is -1.11. The van der Waals surface area contributed by atoms with Crippen molar-refractivity contribution in [2.24, 2.45) is 0 Å². The Bertz CT molecular complexity index is 1550. The number of rotatable bonds is 14. The van der Waals surface area contributed by atoms with Gasteiger partial charge < -0.3 is 19.3 Å². The highest BCUT2D eigenvalue weighted by Crippen LogP contribution is 2.46. The Morgan fingerprint density at radius 3 is 1.82 bits per heavy atom. The summed E-state index contributed by atoms with van der Waals surface area (Å²) in [5.41, 5.74) is -0.0207. The second-order valence-electron chi connectivity index (χ2n) is 10.4. The van der Waals surface area contributed by atoms with Gasteiger partial charge in [-0.3, -0.25) is 24.8 Å². The summed E-state index contributed by atoms with van der Waals surface area (Å²) < 4.78 is 25.0. The van der Waals surface area contributed by atoms with E-state index in [0.29, 0.717) is 11.3 Å². The Labute approximate surface area is 256 Å². The smallest absolute Gasteiger partial charge is 0.330 e. The number of carbonyl (C=O) groups excluding carboxylic acids is 1. The van der Waals surface area contributed by atoms with E-state index < -0.39 is 41.8 Å². The van der Waals surface area contributed by atoms with Gasteiger partial charge in [-0.15, -0.1) is 0 Å². The Morgan fingerprint density at radius 1 is 0.886 bits per heavy atom. The molecule has 0 fully saturated rings.